The number of benzene rings is 2. The van der Waals surface area contributed by atoms with Crippen LogP contribution in [0.15, 0.2) is 48.0 Å². The molecule has 1 atom stereocenters. The van der Waals surface area contributed by atoms with Crippen LogP contribution in [0, 0.1) is 0 Å². The van der Waals surface area contributed by atoms with E-state index in [2.05, 4.69) is 18.7 Å². The van der Waals surface area contributed by atoms with Crippen LogP contribution in [-0.4, -0.2) is 66.0 Å². The molecule has 0 spiro atoms. The molecule has 1 saturated heterocycles. The first-order valence-electron chi connectivity index (χ1n) is 11.6. The zero-order valence-electron chi connectivity index (χ0n) is 19.4. The number of hydrogen-bond donors (Lipinski definition) is 1. The van der Waals surface area contributed by atoms with Crippen LogP contribution in [0.3, 0.4) is 0 Å². The highest BCUT2D eigenvalue weighted by atomic mass is 35.5. The van der Waals surface area contributed by atoms with E-state index in [4.69, 9.17) is 21.1 Å². The average Bonchev–Trinajstić information content (AvgIpc) is 3.11. The van der Waals surface area contributed by atoms with Gasteiger partial charge in [0.2, 0.25) is 0 Å². The molecule has 2 aliphatic rings. The van der Waals surface area contributed by atoms with Crippen LogP contribution in [-0.2, 0) is 9.59 Å². The summed E-state index contributed by atoms with van der Waals surface area (Å²) >= 11 is 6.25. The maximum absolute atomic E-state index is 13.2. The lowest BCUT2D eigenvalue weighted by Gasteiger charge is -2.27. The van der Waals surface area contributed by atoms with Crippen molar-refractivity contribution in [1.29, 1.82) is 0 Å². The highest BCUT2D eigenvalue weighted by molar-refractivity contribution is 6.46. The van der Waals surface area contributed by atoms with E-state index < -0.39 is 17.7 Å². The van der Waals surface area contributed by atoms with E-state index in [-0.39, 0.29) is 11.3 Å². The minimum atomic E-state index is -0.733. The van der Waals surface area contributed by atoms with Gasteiger partial charge in [0.1, 0.15) is 19.0 Å². The highest BCUT2D eigenvalue weighted by Crippen LogP contribution is 2.41. The number of aliphatic hydroxyl groups is 1. The third-order valence-corrected chi connectivity index (χ3v) is 6.52. The van der Waals surface area contributed by atoms with Crippen LogP contribution in [0.1, 0.15) is 37.4 Å². The summed E-state index contributed by atoms with van der Waals surface area (Å²) in [4.78, 5) is 30.1. The van der Waals surface area contributed by atoms with Gasteiger partial charge < -0.3 is 24.4 Å². The summed E-state index contributed by atoms with van der Waals surface area (Å²) in [5.74, 6) is -0.510. The highest BCUT2D eigenvalue weighted by Gasteiger charge is 2.46. The number of ether oxygens (including phenoxy) is 2. The van der Waals surface area contributed by atoms with Crippen molar-refractivity contribution in [2.24, 2.45) is 0 Å². The summed E-state index contributed by atoms with van der Waals surface area (Å²) in [6.45, 7) is 8.05. The molecule has 8 heteroatoms. The fourth-order valence-electron chi connectivity index (χ4n) is 4.48. The largest absolute Gasteiger partial charge is 0.507 e. The summed E-state index contributed by atoms with van der Waals surface area (Å²) in [6.07, 6.45) is 0.704. The van der Waals surface area contributed by atoms with E-state index in [1.807, 2.05) is 6.07 Å². The topological polar surface area (TPSA) is 79.3 Å². The van der Waals surface area contributed by atoms with Crippen molar-refractivity contribution in [2.75, 3.05) is 39.4 Å². The number of likely N-dealkylation sites (tertiary alicyclic amines) is 1. The van der Waals surface area contributed by atoms with Gasteiger partial charge in [0.25, 0.3) is 11.7 Å². The maximum atomic E-state index is 13.2. The van der Waals surface area contributed by atoms with Crippen LogP contribution in [0.4, 0.5) is 0 Å². The smallest absolute Gasteiger partial charge is 0.295 e. The number of halogens is 1. The Morgan fingerprint density at radius 1 is 1.09 bits per heavy atom. The zero-order chi connectivity index (χ0) is 24.2. The molecule has 2 heterocycles. The third kappa shape index (κ3) is 4.76. The first kappa shape index (κ1) is 24.1. The van der Waals surface area contributed by atoms with Gasteiger partial charge in [-0.3, -0.25) is 9.59 Å². The van der Waals surface area contributed by atoms with Crippen LogP contribution in [0.2, 0.25) is 5.02 Å². The van der Waals surface area contributed by atoms with E-state index in [0.717, 1.165) is 19.6 Å². The fourth-order valence-corrected chi connectivity index (χ4v) is 4.68. The lowest BCUT2D eigenvalue weighted by atomic mass is 9.95. The normalized spacial score (nSPS) is 19.2. The monoisotopic (exact) mass is 484 g/mol. The van der Waals surface area contributed by atoms with Crippen molar-refractivity contribution >= 4 is 29.1 Å². The molecule has 2 aromatic carbocycles. The quantitative estimate of drug-likeness (QED) is 0.342. The molecule has 34 heavy (non-hydrogen) atoms. The molecule has 1 N–H and O–H groups in total. The van der Waals surface area contributed by atoms with Crippen molar-refractivity contribution in [2.45, 2.75) is 26.3 Å². The first-order chi connectivity index (χ1) is 16.4. The number of Topliss-reactive ketones (excluding diaryl/α,β-unsaturated/α-hetero) is 1. The predicted octanol–water partition coefficient (Wildman–Crippen LogP) is 4.26. The molecule has 2 aromatic rings. The standard InChI is InChI=1S/C26H29ClN2O5/c1-3-28(4-2)11-6-12-29-23(17-7-5-8-19(27)15-17)22(25(31)26(29)32)24(30)18-9-10-20-21(16-18)34-14-13-33-20/h5,7-10,15-16,23,30H,3-4,6,11-14H2,1-2H3/b24-22+/t23-/m0/s1. The Kier molecular flexibility index (Phi) is 7.44. The van der Waals surface area contributed by atoms with Crippen molar-refractivity contribution in [1.82, 2.24) is 9.80 Å². The van der Waals surface area contributed by atoms with Crippen LogP contribution < -0.4 is 9.47 Å². The van der Waals surface area contributed by atoms with Gasteiger partial charge >= 0.3 is 0 Å². The van der Waals surface area contributed by atoms with Gasteiger partial charge in [-0.1, -0.05) is 37.6 Å². The van der Waals surface area contributed by atoms with E-state index >= 15 is 0 Å². The number of carbonyl (C=O) groups is 2. The molecule has 1 amide bonds. The van der Waals surface area contributed by atoms with Crippen LogP contribution >= 0.6 is 11.6 Å². The van der Waals surface area contributed by atoms with E-state index in [1.165, 1.54) is 0 Å². The Hall–Kier alpha value is -3.03. The Morgan fingerprint density at radius 3 is 2.53 bits per heavy atom. The number of rotatable bonds is 8. The molecule has 7 nitrogen and oxygen atoms in total. The Balaban J connectivity index is 1.73. The minimum absolute atomic E-state index is 0.0479. The molecule has 2 aliphatic heterocycles. The van der Waals surface area contributed by atoms with Crippen molar-refractivity contribution in [3.63, 3.8) is 0 Å². The van der Waals surface area contributed by atoms with Crippen molar-refractivity contribution in [3.8, 4) is 11.5 Å². The molecule has 0 saturated carbocycles. The van der Waals surface area contributed by atoms with Gasteiger partial charge in [-0.05, 0) is 62.0 Å². The number of hydrogen-bond acceptors (Lipinski definition) is 6. The molecule has 0 unspecified atom stereocenters. The van der Waals surface area contributed by atoms with Gasteiger partial charge in [-0.25, -0.2) is 0 Å². The molecule has 0 aromatic heterocycles. The molecule has 0 aliphatic carbocycles. The summed E-state index contributed by atoms with van der Waals surface area (Å²) in [5, 5.41) is 11.8. The van der Waals surface area contributed by atoms with Gasteiger partial charge in [-0.2, -0.15) is 0 Å². The zero-order valence-corrected chi connectivity index (χ0v) is 20.2. The van der Waals surface area contributed by atoms with Gasteiger partial charge in [-0.15, -0.1) is 0 Å². The van der Waals surface area contributed by atoms with Crippen molar-refractivity contribution in [3.05, 3.63) is 64.2 Å². The minimum Gasteiger partial charge on any atom is -0.507 e. The molecule has 0 radical (unpaired) electrons. The second kappa shape index (κ2) is 10.5. The number of amides is 1. The van der Waals surface area contributed by atoms with Gasteiger partial charge in [0, 0.05) is 17.1 Å². The Bertz CT molecular complexity index is 1110. The summed E-state index contributed by atoms with van der Waals surface area (Å²) in [6, 6.07) is 11.3. The summed E-state index contributed by atoms with van der Waals surface area (Å²) in [7, 11) is 0. The lowest BCUT2D eigenvalue weighted by molar-refractivity contribution is -0.140. The summed E-state index contributed by atoms with van der Waals surface area (Å²) < 4.78 is 11.2. The number of ketones is 1. The number of carbonyl (C=O) groups excluding carboxylic acids is 2. The van der Waals surface area contributed by atoms with E-state index in [0.29, 0.717) is 53.8 Å². The molecular formula is C26H29ClN2O5. The molecule has 4 rings (SSSR count). The second-order valence-electron chi connectivity index (χ2n) is 8.29. The van der Waals surface area contributed by atoms with Crippen molar-refractivity contribution < 1.29 is 24.2 Å². The van der Waals surface area contributed by atoms with Crippen LogP contribution in [0.5, 0.6) is 11.5 Å². The number of nitrogens with zero attached hydrogens (tertiary/aromatic N) is 2. The summed E-state index contributed by atoms with van der Waals surface area (Å²) in [5.41, 5.74) is 1.11. The predicted molar refractivity (Wildman–Crippen MR) is 130 cm³/mol. The fraction of sp³-hybridized carbons (Fsp3) is 0.385. The third-order valence-electron chi connectivity index (χ3n) is 6.29. The number of fused-ring (bicyclic) bond motifs is 1. The average molecular weight is 485 g/mol. The number of aliphatic hydroxyl groups excluding tert-OH is 1. The van der Waals surface area contributed by atoms with Crippen LogP contribution in [0.25, 0.3) is 5.76 Å². The molecule has 1 fully saturated rings. The Labute approximate surface area is 204 Å². The molecule has 180 valence electrons. The SMILES string of the molecule is CCN(CC)CCCN1C(=O)C(=O)/C(=C(/O)c2ccc3c(c2)OCCO3)[C@@H]1c1cccc(Cl)c1. The molecule has 0 bridgehead atoms. The van der Waals surface area contributed by atoms with Gasteiger partial charge in [0.05, 0.1) is 11.6 Å². The first-order valence-corrected chi connectivity index (χ1v) is 12.0. The second-order valence-corrected chi connectivity index (χ2v) is 8.72. The lowest BCUT2D eigenvalue weighted by Crippen LogP contribution is -2.33. The van der Waals surface area contributed by atoms with E-state index in [9.17, 15) is 14.7 Å². The Morgan fingerprint density at radius 2 is 1.82 bits per heavy atom. The van der Waals surface area contributed by atoms with Gasteiger partial charge in [0.15, 0.2) is 11.5 Å². The van der Waals surface area contributed by atoms with E-state index in [1.54, 1.807) is 41.3 Å². The maximum Gasteiger partial charge on any atom is 0.295 e. The molecular weight excluding hydrogens is 456 g/mol.